The van der Waals surface area contributed by atoms with E-state index < -0.39 is 10.0 Å². The van der Waals surface area contributed by atoms with Crippen LogP contribution in [0.3, 0.4) is 0 Å². The molecule has 0 bridgehead atoms. The third kappa shape index (κ3) is 5.63. The van der Waals surface area contributed by atoms with Gasteiger partial charge in [0.25, 0.3) is 5.91 Å². The molecule has 38 heavy (non-hydrogen) atoms. The number of halogens is 1. The number of thiazole rings is 1. The SMILES string of the molecule is CN(Cc1ccccc1)S(=O)(=O)c1ccc(C(=O)N(Cc2ccccc2)c2nc3ccc(Cl)cc3s2)cc1. The molecule has 5 rings (SSSR count). The number of fused-ring (bicyclic) bond motifs is 1. The highest BCUT2D eigenvalue weighted by molar-refractivity contribution is 7.89. The van der Waals surface area contributed by atoms with Crippen LogP contribution in [0.1, 0.15) is 21.5 Å². The molecule has 0 saturated carbocycles. The van der Waals surface area contributed by atoms with Gasteiger partial charge in [0, 0.05) is 24.2 Å². The molecule has 0 aliphatic heterocycles. The van der Waals surface area contributed by atoms with Crippen LogP contribution in [-0.2, 0) is 23.1 Å². The van der Waals surface area contributed by atoms with Gasteiger partial charge in [-0.25, -0.2) is 13.4 Å². The molecule has 6 nitrogen and oxygen atoms in total. The van der Waals surface area contributed by atoms with E-state index in [4.69, 9.17) is 11.6 Å². The summed E-state index contributed by atoms with van der Waals surface area (Å²) < 4.78 is 28.5. The zero-order valence-corrected chi connectivity index (χ0v) is 22.9. The van der Waals surface area contributed by atoms with E-state index in [9.17, 15) is 13.2 Å². The summed E-state index contributed by atoms with van der Waals surface area (Å²) in [5.74, 6) is -0.277. The number of carbonyl (C=O) groups excluding carboxylic acids is 1. The number of amides is 1. The van der Waals surface area contributed by atoms with Crippen molar-refractivity contribution in [3.05, 3.63) is 125 Å². The van der Waals surface area contributed by atoms with E-state index >= 15 is 0 Å². The molecular weight excluding hydrogens is 538 g/mol. The Labute approximate surface area is 230 Å². The largest absolute Gasteiger partial charge is 0.279 e. The van der Waals surface area contributed by atoms with Crippen molar-refractivity contribution in [3.8, 4) is 0 Å². The molecule has 192 valence electrons. The Morgan fingerprint density at radius 2 is 1.45 bits per heavy atom. The van der Waals surface area contributed by atoms with Gasteiger partial charge in [0.1, 0.15) is 0 Å². The van der Waals surface area contributed by atoms with Crippen LogP contribution in [-0.4, -0.2) is 30.7 Å². The molecule has 0 fully saturated rings. The predicted octanol–water partition coefficient (Wildman–Crippen LogP) is 6.62. The van der Waals surface area contributed by atoms with Crippen molar-refractivity contribution >= 4 is 54.2 Å². The number of aromatic nitrogens is 1. The minimum atomic E-state index is -3.74. The Bertz CT molecular complexity index is 1670. The Hall–Kier alpha value is -3.56. The van der Waals surface area contributed by atoms with Gasteiger partial charge in [-0.15, -0.1) is 0 Å². The summed E-state index contributed by atoms with van der Waals surface area (Å²) in [7, 11) is -2.19. The smallest absolute Gasteiger partial charge is 0.260 e. The Balaban J connectivity index is 1.43. The lowest BCUT2D eigenvalue weighted by molar-refractivity contribution is 0.0985. The minimum Gasteiger partial charge on any atom is -0.279 e. The van der Waals surface area contributed by atoms with E-state index in [1.807, 2.05) is 72.8 Å². The van der Waals surface area contributed by atoms with E-state index in [2.05, 4.69) is 4.98 Å². The molecule has 0 saturated heterocycles. The molecular formula is C29H24ClN3O3S2. The van der Waals surface area contributed by atoms with Crippen LogP contribution in [0.4, 0.5) is 5.13 Å². The Morgan fingerprint density at radius 1 is 0.842 bits per heavy atom. The van der Waals surface area contributed by atoms with Crippen molar-refractivity contribution in [1.82, 2.24) is 9.29 Å². The monoisotopic (exact) mass is 561 g/mol. The van der Waals surface area contributed by atoms with Gasteiger partial charge >= 0.3 is 0 Å². The van der Waals surface area contributed by atoms with E-state index in [1.165, 1.54) is 27.8 Å². The zero-order valence-electron chi connectivity index (χ0n) is 20.5. The molecule has 1 heterocycles. The lowest BCUT2D eigenvalue weighted by atomic mass is 10.1. The number of nitrogens with zero attached hydrogens (tertiary/aromatic N) is 3. The molecule has 0 radical (unpaired) electrons. The van der Waals surface area contributed by atoms with Gasteiger partial charge < -0.3 is 0 Å². The van der Waals surface area contributed by atoms with Gasteiger partial charge in [-0.2, -0.15) is 4.31 Å². The first-order valence-electron chi connectivity index (χ1n) is 11.8. The lowest BCUT2D eigenvalue weighted by Crippen LogP contribution is -2.30. The number of benzene rings is 4. The fourth-order valence-corrected chi connectivity index (χ4v) is 6.42. The highest BCUT2D eigenvalue weighted by atomic mass is 35.5. The van der Waals surface area contributed by atoms with Gasteiger partial charge in [-0.1, -0.05) is 83.6 Å². The summed E-state index contributed by atoms with van der Waals surface area (Å²) in [5.41, 5.74) is 2.95. The second kappa shape index (κ2) is 11.0. The fourth-order valence-electron chi connectivity index (χ4n) is 4.02. The number of anilines is 1. The van der Waals surface area contributed by atoms with Crippen LogP contribution < -0.4 is 4.90 Å². The van der Waals surface area contributed by atoms with Crippen LogP contribution in [0, 0.1) is 0 Å². The summed E-state index contributed by atoms with van der Waals surface area (Å²) >= 11 is 7.54. The zero-order chi connectivity index (χ0) is 26.7. The quantitative estimate of drug-likeness (QED) is 0.213. The predicted molar refractivity (Wildman–Crippen MR) is 153 cm³/mol. The first-order valence-corrected chi connectivity index (χ1v) is 14.5. The van der Waals surface area contributed by atoms with E-state index in [0.29, 0.717) is 22.3 Å². The minimum absolute atomic E-state index is 0.122. The highest BCUT2D eigenvalue weighted by Crippen LogP contribution is 2.32. The average Bonchev–Trinajstić information content (AvgIpc) is 3.35. The molecule has 0 unspecified atom stereocenters. The van der Waals surface area contributed by atoms with Gasteiger partial charge in [0.15, 0.2) is 5.13 Å². The number of sulfonamides is 1. The topological polar surface area (TPSA) is 70.6 Å². The van der Waals surface area contributed by atoms with Crippen molar-refractivity contribution < 1.29 is 13.2 Å². The van der Waals surface area contributed by atoms with Crippen LogP contribution in [0.15, 0.2) is 108 Å². The van der Waals surface area contributed by atoms with Gasteiger partial charge in [0.2, 0.25) is 10.0 Å². The summed E-state index contributed by atoms with van der Waals surface area (Å²) in [5, 5.41) is 1.14. The summed E-state index contributed by atoms with van der Waals surface area (Å²) in [6.07, 6.45) is 0. The second-order valence-electron chi connectivity index (χ2n) is 8.76. The highest BCUT2D eigenvalue weighted by Gasteiger charge is 2.24. The third-order valence-corrected chi connectivity index (χ3v) is 9.15. The van der Waals surface area contributed by atoms with Crippen molar-refractivity contribution in [1.29, 1.82) is 0 Å². The second-order valence-corrected chi connectivity index (χ2v) is 12.2. The van der Waals surface area contributed by atoms with Crippen molar-refractivity contribution in [3.63, 3.8) is 0 Å². The maximum atomic E-state index is 13.7. The first kappa shape index (κ1) is 26.1. The van der Waals surface area contributed by atoms with E-state index in [0.717, 1.165) is 21.3 Å². The number of hydrogen-bond acceptors (Lipinski definition) is 5. The van der Waals surface area contributed by atoms with Crippen LogP contribution in [0.2, 0.25) is 5.02 Å². The molecule has 4 aromatic carbocycles. The summed E-state index contributed by atoms with van der Waals surface area (Å²) in [4.78, 5) is 20.1. The molecule has 9 heteroatoms. The van der Waals surface area contributed by atoms with E-state index in [-0.39, 0.29) is 17.3 Å². The van der Waals surface area contributed by atoms with Crippen LogP contribution in [0.25, 0.3) is 10.2 Å². The van der Waals surface area contributed by atoms with Gasteiger partial charge in [0.05, 0.1) is 21.7 Å². The number of carbonyl (C=O) groups is 1. The molecule has 0 spiro atoms. The summed E-state index contributed by atoms with van der Waals surface area (Å²) in [6, 6.07) is 30.5. The molecule has 0 atom stereocenters. The maximum absolute atomic E-state index is 13.7. The number of hydrogen-bond donors (Lipinski definition) is 0. The van der Waals surface area contributed by atoms with Gasteiger partial charge in [-0.3, -0.25) is 9.69 Å². The standard InChI is InChI=1S/C29H24ClN3O3S2/c1-32(19-21-8-4-2-5-9-21)38(35,36)25-15-12-23(13-16-25)28(34)33(20-22-10-6-3-7-11-22)29-31-26-17-14-24(30)18-27(26)37-29/h2-18H,19-20H2,1H3. The van der Waals surface area contributed by atoms with Crippen LogP contribution >= 0.6 is 22.9 Å². The van der Waals surface area contributed by atoms with E-state index in [1.54, 1.807) is 30.1 Å². The normalized spacial score (nSPS) is 11.7. The van der Waals surface area contributed by atoms with Gasteiger partial charge in [-0.05, 0) is 53.6 Å². The first-order chi connectivity index (χ1) is 18.3. The molecule has 5 aromatic rings. The van der Waals surface area contributed by atoms with Crippen LogP contribution in [0.5, 0.6) is 0 Å². The fraction of sp³-hybridized carbons (Fsp3) is 0.103. The Morgan fingerprint density at radius 3 is 2.08 bits per heavy atom. The molecule has 0 N–H and O–H groups in total. The molecule has 0 aliphatic rings. The average molecular weight is 562 g/mol. The molecule has 1 amide bonds. The molecule has 1 aromatic heterocycles. The van der Waals surface area contributed by atoms with Crippen molar-refractivity contribution in [2.24, 2.45) is 0 Å². The lowest BCUT2D eigenvalue weighted by Gasteiger charge is -2.21. The third-order valence-electron chi connectivity index (χ3n) is 6.06. The van der Waals surface area contributed by atoms with Crippen molar-refractivity contribution in [2.75, 3.05) is 11.9 Å². The molecule has 0 aliphatic carbocycles. The maximum Gasteiger partial charge on any atom is 0.260 e. The Kier molecular flexibility index (Phi) is 7.58. The number of rotatable bonds is 8. The van der Waals surface area contributed by atoms with Crippen molar-refractivity contribution in [2.45, 2.75) is 18.0 Å². The summed E-state index contributed by atoms with van der Waals surface area (Å²) in [6.45, 7) is 0.559.